The lowest BCUT2D eigenvalue weighted by Crippen LogP contribution is -2.11. The number of hydrogen-bond donors (Lipinski definition) is 1. The highest BCUT2D eigenvalue weighted by molar-refractivity contribution is 6.04. The summed E-state index contributed by atoms with van der Waals surface area (Å²) in [4.78, 5) is 12.2. The van der Waals surface area contributed by atoms with Crippen LogP contribution < -0.4 is 10.1 Å². The van der Waals surface area contributed by atoms with Gasteiger partial charge in [-0.2, -0.15) is 0 Å². The molecule has 0 aliphatic carbocycles. The Morgan fingerprint density at radius 1 is 0.833 bits per heavy atom. The highest BCUT2D eigenvalue weighted by atomic mass is 16.5. The molecule has 0 saturated heterocycles. The number of hydrogen-bond acceptors (Lipinski definition) is 2. The van der Waals surface area contributed by atoms with Crippen molar-refractivity contribution in [1.82, 2.24) is 0 Å². The normalized spacial score (nSPS) is 10.2. The summed E-state index contributed by atoms with van der Waals surface area (Å²) in [5.41, 5.74) is 2.60. The molecule has 0 unspecified atom stereocenters. The van der Waals surface area contributed by atoms with Crippen LogP contribution in [-0.4, -0.2) is 12.5 Å². The molecule has 0 bridgehead atoms. The van der Waals surface area contributed by atoms with Gasteiger partial charge >= 0.3 is 0 Å². The molecule has 0 aromatic heterocycles. The van der Waals surface area contributed by atoms with Crippen LogP contribution in [0.1, 0.15) is 15.9 Å². The zero-order valence-electron chi connectivity index (χ0n) is 13.3. The van der Waals surface area contributed by atoms with Crippen molar-refractivity contribution in [1.29, 1.82) is 0 Å². The van der Waals surface area contributed by atoms with Crippen LogP contribution in [0.15, 0.2) is 84.9 Å². The van der Waals surface area contributed by atoms with Crippen molar-refractivity contribution in [3.8, 4) is 5.75 Å². The van der Waals surface area contributed by atoms with E-state index in [-0.39, 0.29) is 5.91 Å². The van der Waals surface area contributed by atoms with E-state index in [9.17, 15) is 4.79 Å². The molecule has 1 amide bonds. The number of amides is 1. The van der Waals surface area contributed by atoms with Crippen LogP contribution in [0.3, 0.4) is 0 Å². The van der Waals surface area contributed by atoms with Crippen molar-refractivity contribution in [3.63, 3.8) is 0 Å². The largest absolute Gasteiger partial charge is 0.493 e. The maximum absolute atomic E-state index is 12.2. The lowest BCUT2D eigenvalue weighted by molar-refractivity contribution is 0.102. The van der Waals surface area contributed by atoms with Gasteiger partial charge in [0.05, 0.1) is 6.61 Å². The van der Waals surface area contributed by atoms with Crippen LogP contribution >= 0.6 is 0 Å². The molecule has 3 heteroatoms. The second-order valence-corrected chi connectivity index (χ2v) is 5.43. The molecule has 24 heavy (non-hydrogen) atoms. The van der Waals surface area contributed by atoms with E-state index in [1.807, 2.05) is 60.7 Å². The van der Waals surface area contributed by atoms with Crippen molar-refractivity contribution >= 4 is 11.6 Å². The fourth-order valence-electron chi connectivity index (χ4n) is 2.39. The monoisotopic (exact) mass is 317 g/mol. The molecule has 3 nitrogen and oxygen atoms in total. The van der Waals surface area contributed by atoms with Crippen LogP contribution in [0.25, 0.3) is 0 Å². The first kappa shape index (κ1) is 15.8. The standard InChI is InChI=1S/C21H19NO2/c23-21(18-10-5-2-6-11-18)22-19-12-7-13-20(16-19)24-15-14-17-8-3-1-4-9-17/h1-13,16H,14-15H2,(H,22,23). The number of rotatable bonds is 6. The van der Waals surface area contributed by atoms with Crippen LogP contribution in [0.4, 0.5) is 5.69 Å². The van der Waals surface area contributed by atoms with Gasteiger partial charge in [0.15, 0.2) is 0 Å². The van der Waals surface area contributed by atoms with Gasteiger partial charge < -0.3 is 10.1 Å². The predicted octanol–water partition coefficient (Wildman–Crippen LogP) is 4.56. The van der Waals surface area contributed by atoms with Crippen LogP contribution in [0.2, 0.25) is 0 Å². The van der Waals surface area contributed by atoms with Gasteiger partial charge in [-0.15, -0.1) is 0 Å². The number of ether oxygens (including phenoxy) is 1. The van der Waals surface area contributed by atoms with E-state index in [4.69, 9.17) is 4.74 Å². The van der Waals surface area contributed by atoms with Gasteiger partial charge in [0.2, 0.25) is 0 Å². The molecule has 0 spiro atoms. The topological polar surface area (TPSA) is 38.3 Å². The molecule has 0 saturated carbocycles. The van der Waals surface area contributed by atoms with Crippen LogP contribution in [0.5, 0.6) is 5.75 Å². The van der Waals surface area contributed by atoms with E-state index in [0.717, 1.165) is 17.9 Å². The second kappa shape index (κ2) is 7.97. The van der Waals surface area contributed by atoms with E-state index < -0.39 is 0 Å². The molecule has 0 fully saturated rings. The third-order valence-corrected chi connectivity index (χ3v) is 3.63. The minimum absolute atomic E-state index is 0.128. The molecular weight excluding hydrogens is 298 g/mol. The molecule has 0 atom stereocenters. The fraction of sp³-hybridized carbons (Fsp3) is 0.0952. The maximum atomic E-state index is 12.2. The summed E-state index contributed by atoms with van der Waals surface area (Å²) in [6.07, 6.45) is 0.849. The lowest BCUT2D eigenvalue weighted by Gasteiger charge is -2.09. The SMILES string of the molecule is O=C(Nc1cccc(OCCc2ccccc2)c1)c1ccccc1. The number of benzene rings is 3. The minimum Gasteiger partial charge on any atom is -0.493 e. The molecule has 3 rings (SSSR count). The molecule has 0 heterocycles. The number of anilines is 1. The van der Waals surface area contributed by atoms with Crippen molar-refractivity contribution in [2.45, 2.75) is 6.42 Å². The van der Waals surface area contributed by atoms with Gasteiger partial charge in [-0.1, -0.05) is 54.6 Å². The van der Waals surface area contributed by atoms with Gasteiger partial charge in [0.1, 0.15) is 5.75 Å². The Labute approximate surface area is 141 Å². The second-order valence-electron chi connectivity index (χ2n) is 5.43. The first-order valence-electron chi connectivity index (χ1n) is 7.94. The number of nitrogens with one attached hydrogen (secondary N) is 1. The Balaban J connectivity index is 1.57. The zero-order chi connectivity index (χ0) is 16.6. The zero-order valence-corrected chi connectivity index (χ0v) is 13.3. The highest BCUT2D eigenvalue weighted by Gasteiger charge is 2.05. The summed E-state index contributed by atoms with van der Waals surface area (Å²) in [6.45, 7) is 0.597. The third kappa shape index (κ3) is 4.46. The molecule has 1 N–H and O–H groups in total. The lowest BCUT2D eigenvalue weighted by atomic mass is 10.2. The first-order chi connectivity index (χ1) is 11.8. The predicted molar refractivity (Wildman–Crippen MR) is 96.5 cm³/mol. The Kier molecular flexibility index (Phi) is 5.25. The van der Waals surface area contributed by atoms with E-state index in [1.165, 1.54) is 5.56 Å². The summed E-state index contributed by atoms with van der Waals surface area (Å²) < 4.78 is 5.79. The molecule has 0 aliphatic rings. The summed E-state index contributed by atoms with van der Waals surface area (Å²) in [7, 11) is 0. The van der Waals surface area contributed by atoms with E-state index >= 15 is 0 Å². The summed E-state index contributed by atoms with van der Waals surface area (Å²) in [6, 6.07) is 26.8. The minimum atomic E-state index is -0.128. The summed E-state index contributed by atoms with van der Waals surface area (Å²) >= 11 is 0. The van der Waals surface area contributed by atoms with Gasteiger partial charge in [-0.05, 0) is 29.8 Å². The van der Waals surface area contributed by atoms with Crippen LogP contribution in [-0.2, 0) is 6.42 Å². The Morgan fingerprint density at radius 3 is 2.29 bits per heavy atom. The summed E-state index contributed by atoms with van der Waals surface area (Å²) in [5.74, 6) is 0.619. The van der Waals surface area contributed by atoms with E-state index in [1.54, 1.807) is 12.1 Å². The summed E-state index contributed by atoms with van der Waals surface area (Å²) in [5, 5.41) is 2.89. The Morgan fingerprint density at radius 2 is 1.54 bits per heavy atom. The Bertz CT molecular complexity index is 785. The average molecular weight is 317 g/mol. The highest BCUT2D eigenvalue weighted by Crippen LogP contribution is 2.18. The molecular formula is C21H19NO2. The van der Waals surface area contributed by atoms with Crippen molar-refractivity contribution < 1.29 is 9.53 Å². The number of carbonyl (C=O) groups excluding carboxylic acids is 1. The van der Waals surface area contributed by atoms with Gasteiger partial charge in [-0.25, -0.2) is 0 Å². The molecule has 120 valence electrons. The molecule has 0 radical (unpaired) electrons. The first-order valence-corrected chi connectivity index (χ1v) is 7.94. The smallest absolute Gasteiger partial charge is 0.255 e. The third-order valence-electron chi connectivity index (χ3n) is 3.63. The quantitative estimate of drug-likeness (QED) is 0.724. The van der Waals surface area contributed by atoms with Crippen LogP contribution in [0, 0.1) is 0 Å². The molecule has 3 aromatic carbocycles. The van der Waals surface area contributed by atoms with E-state index in [2.05, 4.69) is 17.4 Å². The van der Waals surface area contributed by atoms with Gasteiger partial charge in [0, 0.05) is 23.7 Å². The van der Waals surface area contributed by atoms with Gasteiger partial charge in [0.25, 0.3) is 5.91 Å². The number of carbonyl (C=O) groups is 1. The maximum Gasteiger partial charge on any atom is 0.255 e. The molecule has 0 aliphatic heterocycles. The Hall–Kier alpha value is -3.07. The average Bonchev–Trinajstić information content (AvgIpc) is 2.64. The molecule has 3 aromatic rings. The van der Waals surface area contributed by atoms with Crippen molar-refractivity contribution in [2.24, 2.45) is 0 Å². The van der Waals surface area contributed by atoms with E-state index in [0.29, 0.717) is 12.2 Å². The van der Waals surface area contributed by atoms with Gasteiger partial charge in [-0.3, -0.25) is 4.79 Å². The fourth-order valence-corrected chi connectivity index (χ4v) is 2.39. The van der Waals surface area contributed by atoms with Crippen molar-refractivity contribution in [3.05, 3.63) is 96.1 Å². The van der Waals surface area contributed by atoms with Crippen molar-refractivity contribution in [2.75, 3.05) is 11.9 Å².